The summed E-state index contributed by atoms with van der Waals surface area (Å²) in [5.41, 5.74) is -0.649. The third-order valence-corrected chi connectivity index (χ3v) is 3.92. The van der Waals surface area contributed by atoms with Gasteiger partial charge in [0.2, 0.25) is 0 Å². The Balaban J connectivity index is 2.15. The first-order valence-electron chi connectivity index (χ1n) is 6.37. The lowest BCUT2D eigenvalue weighted by Gasteiger charge is -2.32. The van der Waals surface area contributed by atoms with E-state index in [0.29, 0.717) is 10.6 Å². The number of nitrogens with one attached hydrogen (secondary N) is 1. The molecule has 4 nitrogen and oxygen atoms in total. The van der Waals surface area contributed by atoms with Crippen LogP contribution in [0.15, 0.2) is 11.0 Å². The maximum Gasteiger partial charge on any atom is 0.408 e. The third kappa shape index (κ3) is 3.45. The molecule has 1 aromatic heterocycles. The minimum atomic E-state index is -4.51. The molecule has 0 aromatic carbocycles. The van der Waals surface area contributed by atoms with Gasteiger partial charge in [0.25, 0.3) is 5.56 Å². The van der Waals surface area contributed by atoms with E-state index in [1.807, 2.05) is 6.92 Å². The van der Waals surface area contributed by atoms with E-state index >= 15 is 0 Å². The number of alkyl halides is 3. The second kappa shape index (κ2) is 5.63. The Hall–Kier alpha value is -1.24. The van der Waals surface area contributed by atoms with E-state index in [2.05, 4.69) is 10.4 Å². The Kier molecular flexibility index (Phi) is 4.27. The van der Waals surface area contributed by atoms with Gasteiger partial charge in [0.1, 0.15) is 11.6 Å². The van der Waals surface area contributed by atoms with Gasteiger partial charge in [0.15, 0.2) is 0 Å². The van der Waals surface area contributed by atoms with Crippen molar-refractivity contribution >= 4 is 17.3 Å². The summed E-state index contributed by atoms with van der Waals surface area (Å²) in [6.07, 6.45) is 0.0452. The van der Waals surface area contributed by atoms with Crippen LogP contribution >= 0.6 is 11.6 Å². The Morgan fingerprint density at radius 1 is 1.55 bits per heavy atom. The highest BCUT2D eigenvalue weighted by molar-refractivity contribution is 6.32. The molecule has 1 aliphatic carbocycles. The van der Waals surface area contributed by atoms with Crippen molar-refractivity contribution < 1.29 is 13.2 Å². The minimum absolute atomic E-state index is 0.112. The second-order valence-electron chi connectivity index (χ2n) is 5.07. The zero-order valence-electron chi connectivity index (χ0n) is 10.9. The number of hydrogen-bond donors (Lipinski definition) is 1. The molecule has 1 N–H and O–H groups in total. The first-order valence-corrected chi connectivity index (χ1v) is 6.74. The zero-order chi connectivity index (χ0) is 14.9. The third-order valence-electron chi connectivity index (χ3n) is 3.55. The molecule has 1 aliphatic rings. The largest absolute Gasteiger partial charge is 0.408 e. The maximum absolute atomic E-state index is 12.3. The summed E-state index contributed by atoms with van der Waals surface area (Å²) < 4.78 is 37.1. The molecule has 0 amide bonds. The molecular weight excluding hydrogens is 295 g/mol. The average Bonchev–Trinajstić information content (AvgIpc) is 2.25. The molecule has 0 spiro atoms. The van der Waals surface area contributed by atoms with Gasteiger partial charge in [-0.05, 0) is 25.7 Å². The minimum Gasteiger partial charge on any atom is -0.380 e. The van der Waals surface area contributed by atoms with Gasteiger partial charge in [-0.3, -0.25) is 4.79 Å². The molecule has 1 atom stereocenters. The van der Waals surface area contributed by atoms with Crippen molar-refractivity contribution in [2.45, 2.75) is 44.9 Å². The summed E-state index contributed by atoms with van der Waals surface area (Å²) in [6.45, 7) is 0.519. The van der Waals surface area contributed by atoms with Gasteiger partial charge in [0.05, 0.1) is 11.9 Å². The highest BCUT2D eigenvalue weighted by atomic mass is 35.5. The van der Waals surface area contributed by atoms with E-state index in [4.69, 9.17) is 11.6 Å². The van der Waals surface area contributed by atoms with Crippen LogP contribution in [0.4, 0.5) is 18.9 Å². The molecule has 0 aliphatic heterocycles. The van der Waals surface area contributed by atoms with Crippen LogP contribution in [0.5, 0.6) is 0 Å². The van der Waals surface area contributed by atoms with Crippen LogP contribution in [0, 0.1) is 5.92 Å². The molecule has 0 bridgehead atoms. The van der Waals surface area contributed by atoms with Gasteiger partial charge in [-0.25, -0.2) is 4.68 Å². The lowest BCUT2D eigenvalue weighted by Crippen LogP contribution is -2.34. The summed E-state index contributed by atoms with van der Waals surface area (Å²) in [5, 5.41) is 6.32. The molecule has 1 aromatic rings. The van der Waals surface area contributed by atoms with Crippen molar-refractivity contribution in [3.05, 3.63) is 21.6 Å². The first kappa shape index (κ1) is 15.2. The van der Waals surface area contributed by atoms with Gasteiger partial charge < -0.3 is 5.32 Å². The van der Waals surface area contributed by atoms with Crippen LogP contribution < -0.4 is 10.9 Å². The van der Waals surface area contributed by atoms with Crippen molar-refractivity contribution in [3.63, 3.8) is 0 Å². The fourth-order valence-electron chi connectivity index (χ4n) is 2.15. The van der Waals surface area contributed by atoms with Crippen LogP contribution in [0.25, 0.3) is 0 Å². The molecular formula is C12H15ClF3N3O. The zero-order valence-corrected chi connectivity index (χ0v) is 11.6. The van der Waals surface area contributed by atoms with Crippen LogP contribution in [0.1, 0.15) is 26.2 Å². The van der Waals surface area contributed by atoms with Crippen LogP contribution in [0.2, 0.25) is 5.02 Å². The highest BCUT2D eigenvalue weighted by Gasteiger charge is 2.30. The van der Waals surface area contributed by atoms with E-state index in [9.17, 15) is 18.0 Å². The van der Waals surface area contributed by atoms with Crippen molar-refractivity contribution in [3.8, 4) is 0 Å². The molecule has 112 valence electrons. The van der Waals surface area contributed by atoms with Gasteiger partial charge in [0, 0.05) is 6.04 Å². The molecule has 0 saturated heterocycles. The van der Waals surface area contributed by atoms with Gasteiger partial charge in [-0.1, -0.05) is 18.0 Å². The predicted octanol–water partition coefficient (Wildman–Crippen LogP) is 3.06. The topological polar surface area (TPSA) is 46.9 Å². The monoisotopic (exact) mass is 309 g/mol. The SMILES string of the molecule is CC(Nc1cnn(CC(F)(F)F)c(=O)c1Cl)C1CCC1. The Morgan fingerprint density at radius 3 is 2.70 bits per heavy atom. The molecule has 8 heteroatoms. The molecule has 1 unspecified atom stereocenters. The number of nitrogens with zero attached hydrogens (tertiary/aromatic N) is 2. The first-order chi connectivity index (χ1) is 9.28. The van der Waals surface area contributed by atoms with E-state index in [1.54, 1.807) is 0 Å². The van der Waals surface area contributed by atoms with Gasteiger partial charge >= 0.3 is 6.18 Å². The smallest absolute Gasteiger partial charge is 0.380 e. The Morgan fingerprint density at radius 2 is 2.20 bits per heavy atom. The van der Waals surface area contributed by atoms with Gasteiger partial charge in [-0.2, -0.15) is 18.3 Å². The van der Waals surface area contributed by atoms with E-state index < -0.39 is 18.3 Å². The quantitative estimate of drug-likeness (QED) is 0.930. The molecule has 1 fully saturated rings. The van der Waals surface area contributed by atoms with Crippen molar-refractivity contribution in [1.82, 2.24) is 9.78 Å². The summed E-state index contributed by atoms with van der Waals surface area (Å²) in [5.74, 6) is 0.503. The highest BCUT2D eigenvalue weighted by Crippen LogP contribution is 2.31. The fourth-order valence-corrected chi connectivity index (χ4v) is 2.35. The number of hydrogen-bond acceptors (Lipinski definition) is 3. The number of halogens is 4. The van der Waals surface area contributed by atoms with Gasteiger partial charge in [-0.15, -0.1) is 0 Å². The van der Waals surface area contributed by atoms with Crippen LogP contribution in [0.3, 0.4) is 0 Å². The number of anilines is 1. The summed E-state index contributed by atoms with van der Waals surface area (Å²) in [4.78, 5) is 11.7. The van der Waals surface area contributed by atoms with Crippen molar-refractivity contribution in [1.29, 1.82) is 0 Å². The van der Waals surface area contributed by atoms with E-state index in [-0.39, 0.29) is 16.8 Å². The number of rotatable bonds is 4. The van der Waals surface area contributed by atoms with E-state index in [0.717, 1.165) is 12.8 Å². The summed E-state index contributed by atoms with van der Waals surface area (Å²) >= 11 is 5.83. The fraction of sp³-hybridized carbons (Fsp3) is 0.667. The van der Waals surface area contributed by atoms with Crippen molar-refractivity contribution in [2.75, 3.05) is 5.32 Å². The molecule has 1 heterocycles. The van der Waals surface area contributed by atoms with Crippen LogP contribution in [-0.4, -0.2) is 22.0 Å². The second-order valence-corrected chi connectivity index (χ2v) is 5.45. The average molecular weight is 310 g/mol. The Labute approximate surface area is 118 Å². The molecule has 1 saturated carbocycles. The van der Waals surface area contributed by atoms with Crippen LogP contribution in [-0.2, 0) is 6.54 Å². The van der Waals surface area contributed by atoms with E-state index in [1.165, 1.54) is 12.6 Å². The maximum atomic E-state index is 12.3. The molecule has 0 radical (unpaired) electrons. The van der Waals surface area contributed by atoms with Crippen molar-refractivity contribution in [2.24, 2.45) is 5.92 Å². The number of aromatic nitrogens is 2. The lowest BCUT2D eigenvalue weighted by molar-refractivity contribution is -0.143. The lowest BCUT2D eigenvalue weighted by atomic mass is 9.80. The molecule has 20 heavy (non-hydrogen) atoms. The standard InChI is InChI=1S/C12H15ClF3N3O/c1-7(8-3-2-4-8)18-9-5-17-19(6-12(14,15)16)11(20)10(9)13/h5,7-8,18H,2-4,6H2,1H3. The Bertz CT molecular complexity index is 540. The molecule has 2 rings (SSSR count). The normalized spacial score (nSPS) is 17.6. The summed E-state index contributed by atoms with van der Waals surface area (Å²) in [7, 11) is 0. The predicted molar refractivity (Wildman–Crippen MR) is 70.0 cm³/mol. The summed E-state index contributed by atoms with van der Waals surface area (Å²) in [6, 6.07) is 0.112.